The molecule has 0 bridgehead atoms. The summed E-state index contributed by atoms with van der Waals surface area (Å²) < 4.78 is 12.9. The molecule has 0 unspecified atom stereocenters. The van der Waals surface area contributed by atoms with E-state index in [4.69, 9.17) is 9.47 Å². The van der Waals surface area contributed by atoms with Gasteiger partial charge < -0.3 is 24.8 Å². The minimum Gasteiger partial charge on any atom is -0.425 e. The van der Waals surface area contributed by atoms with Crippen molar-refractivity contribution in [3.63, 3.8) is 0 Å². The van der Waals surface area contributed by atoms with E-state index in [1.54, 1.807) is 13.8 Å². The highest BCUT2D eigenvalue weighted by Crippen LogP contribution is 2.73. The van der Waals surface area contributed by atoms with Gasteiger partial charge in [0.15, 0.2) is 5.78 Å². The van der Waals surface area contributed by atoms with Gasteiger partial charge in [0.1, 0.15) is 6.10 Å². The summed E-state index contributed by atoms with van der Waals surface area (Å²) in [5.74, 6) is -2.32. The lowest BCUT2D eigenvalue weighted by atomic mass is 9.43. The van der Waals surface area contributed by atoms with E-state index in [1.165, 1.54) is 0 Å². The fourth-order valence-electron chi connectivity index (χ4n) is 9.94. The van der Waals surface area contributed by atoms with Gasteiger partial charge in [-0.3, -0.25) is 4.79 Å². The number of aliphatic hydroxyl groups excluding tert-OH is 2. The zero-order chi connectivity index (χ0) is 28.0. The van der Waals surface area contributed by atoms with E-state index in [1.807, 2.05) is 20.8 Å². The van der Waals surface area contributed by atoms with Gasteiger partial charge in [0.25, 0.3) is 0 Å². The number of fused-ring (bicyclic) bond motifs is 4. The number of aliphatic hydroxyl groups is 3. The molecule has 0 aromatic heterocycles. The maximum Gasteiger partial charge on any atom is 0.336 e. The molecule has 10 atom stereocenters. The molecule has 0 radical (unpaired) electrons. The quantitative estimate of drug-likeness (QED) is 0.412. The molecule has 1 spiro atoms. The van der Waals surface area contributed by atoms with Gasteiger partial charge in [-0.25, -0.2) is 4.79 Å². The Labute approximate surface area is 225 Å². The molecule has 0 amide bonds. The van der Waals surface area contributed by atoms with Crippen molar-refractivity contribution in [2.24, 2.45) is 33.5 Å². The topological polar surface area (TPSA) is 113 Å². The van der Waals surface area contributed by atoms with E-state index in [9.17, 15) is 24.9 Å². The van der Waals surface area contributed by atoms with Crippen LogP contribution in [0.15, 0.2) is 34.4 Å². The zero-order valence-electron chi connectivity index (χ0n) is 23.8. The summed E-state index contributed by atoms with van der Waals surface area (Å²) in [6, 6.07) is 0. The minimum atomic E-state index is -1.40. The number of rotatable bonds is 0. The van der Waals surface area contributed by atoms with Crippen molar-refractivity contribution in [1.82, 2.24) is 0 Å². The average molecular weight is 527 g/mol. The van der Waals surface area contributed by atoms with Crippen LogP contribution in [0.3, 0.4) is 0 Å². The van der Waals surface area contributed by atoms with Crippen molar-refractivity contribution < 1.29 is 34.4 Å². The molecule has 2 saturated carbocycles. The highest BCUT2D eigenvalue weighted by atomic mass is 16.7. The summed E-state index contributed by atoms with van der Waals surface area (Å²) in [4.78, 5) is 25.8. The van der Waals surface area contributed by atoms with Gasteiger partial charge in [0, 0.05) is 33.8 Å². The number of ketones is 1. The van der Waals surface area contributed by atoms with Gasteiger partial charge in [-0.05, 0) is 68.4 Å². The zero-order valence-corrected chi connectivity index (χ0v) is 23.8. The van der Waals surface area contributed by atoms with Crippen LogP contribution in [-0.4, -0.2) is 56.8 Å². The van der Waals surface area contributed by atoms with Gasteiger partial charge in [-0.15, -0.1) is 0 Å². The Morgan fingerprint density at radius 1 is 0.974 bits per heavy atom. The molecular formula is C31H42O7. The first kappa shape index (κ1) is 26.4. The van der Waals surface area contributed by atoms with E-state index < -0.39 is 57.3 Å². The molecule has 3 fully saturated rings. The highest BCUT2D eigenvalue weighted by molar-refractivity contribution is 5.92. The first-order valence-electron chi connectivity index (χ1n) is 14.0. The van der Waals surface area contributed by atoms with Gasteiger partial charge in [0.05, 0.1) is 17.8 Å². The molecule has 6 rings (SSSR count). The van der Waals surface area contributed by atoms with Crippen molar-refractivity contribution in [3.8, 4) is 0 Å². The summed E-state index contributed by atoms with van der Waals surface area (Å²) >= 11 is 0. The molecule has 2 aliphatic heterocycles. The Balaban J connectivity index is 1.60. The van der Waals surface area contributed by atoms with Crippen LogP contribution >= 0.6 is 0 Å². The summed E-state index contributed by atoms with van der Waals surface area (Å²) in [5.41, 5.74) is -0.812. The van der Waals surface area contributed by atoms with Gasteiger partial charge in [-0.2, -0.15) is 0 Å². The highest BCUT2D eigenvalue weighted by Gasteiger charge is 2.74. The van der Waals surface area contributed by atoms with E-state index in [0.29, 0.717) is 30.4 Å². The van der Waals surface area contributed by atoms with Crippen LogP contribution in [0.4, 0.5) is 0 Å². The monoisotopic (exact) mass is 526 g/mol. The molecule has 4 aliphatic carbocycles. The second-order valence-electron chi connectivity index (χ2n) is 14.5. The van der Waals surface area contributed by atoms with Crippen molar-refractivity contribution in [2.45, 2.75) is 111 Å². The van der Waals surface area contributed by atoms with Crippen LogP contribution in [-0.2, 0) is 19.1 Å². The fraction of sp³-hybridized carbons (Fsp3) is 0.742. The van der Waals surface area contributed by atoms with Crippen LogP contribution in [0.2, 0.25) is 0 Å². The summed E-state index contributed by atoms with van der Waals surface area (Å²) in [5, 5.41) is 34.8. The number of hydrogen-bond donors (Lipinski definition) is 3. The standard InChI is InChI=1S/C31H42O7/c1-15-16(2)31(38-25(15)35)14-28(6,36)21-12-22(33)29(7)17-9-10-20-26(3,4)24(34)19(32)13-27(20,5)18(17)11-23(37-31)30(21,29)8/h9,11,19-23,32-33,36H,10,12-14H2,1-8H3/t19-,20+,21-,22+,23-,27-,28+,29-,30+,31-/m1/s1. The van der Waals surface area contributed by atoms with Crippen molar-refractivity contribution in [2.75, 3.05) is 0 Å². The second kappa shape index (κ2) is 7.28. The number of hydrogen-bond acceptors (Lipinski definition) is 7. The van der Waals surface area contributed by atoms with Crippen LogP contribution in [0.25, 0.3) is 0 Å². The number of ether oxygens (including phenoxy) is 2. The maximum atomic E-state index is 13.1. The van der Waals surface area contributed by atoms with Gasteiger partial charge in [-0.1, -0.05) is 46.8 Å². The predicted molar refractivity (Wildman–Crippen MR) is 139 cm³/mol. The summed E-state index contributed by atoms with van der Waals surface area (Å²) in [6.07, 6.45) is 3.36. The molecule has 7 nitrogen and oxygen atoms in total. The normalized spacial score (nSPS) is 53.1. The Kier molecular flexibility index (Phi) is 5.06. The molecule has 1 saturated heterocycles. The van der Waals surface area contributed by atoms with E-state index in [2.05, 4.69) is 32.9 Å². The number of Topliss-reactive ketones (excluding diaryl/α,β-unsaturated/α-hetero) is 1. The lowest BCUT2D eigenvalue weighted by Gasteiger charge is -2.61. The minimum absolute atomic E-state index is 0.0285. The summed E-state index contributed by atoms with van der Waals surface area (Å²) in [6.45, 7) is 15.5. The number of carbonyl (C=O) groups excluding carboxylic acids is 2. The van der Waals surface area contributed by atoms with E-state index in [-0.39, 0.29) is 24.0 Å². The molecule has 0 aromatic rings. The van der Waals surface area contributed by atoms with E-state index >= 15 is 0 Å². The molecular weight excluding hydrogens is 484 g/mol. The largest absolute Gasteiger partial charge is 0.425 e. The molecule has 0 aromatic carbocycles. The van der Waals surface area contributed by atoms with Crippen LogP contribution in [0.5, 0.6) is 0 Å². The first-order valence-corrected chi connectivity index (χ1v) is 14.0. The Hall–Kier alpha value is -1.80. The van der Waals surface area contributed by atoms with Crippen molar-refractivity contribution >= 4 is 11.8 Å². The van der Waals surface area contributed by atoms with Crippen molar-refractivity contribution in [1.29, 1.82) is 0 Å². The van der Waals surface area contributed by atoms with Gasteiger partial charge >= 0.3 is 5.97 Å². The summed E-state index contributed by atoms with van der Waals surface area (Å²) in [7, 11) is 0. The predicted octanol–water partition coefficient (Wildman–Crippen LogP) is 3.76. The Bertz CT molecular complexity index is 1250. The third-order valence-corrected chi connectivity index (χ3v) is 12.5. The first-order chi connectivity index (χ1) is 17.4. The molecule has 208 valence electrons. The number of esters is 1. The third kappa shape index (κ3) is 2.74. The molecule has 3 N–H and O–H groups in total. The van der Waals surface area contributed by atoms with Crippen LogP contribution < -0.4 is 0 Å². The third-order valence-electron chi connectivity index (χ3n) is 12.5. The van der Waals surface area contributed by atoms with Crippen LogP contribution in [0.1, 0.15) is 81.1 Å². The van der Waals surface area contributed by atoms with Crippen LogP contribution in [0, 0.1) is 33.5 Å². The smallest absolute Gasteiger partial charge is 0.336 e. The molecule has 6 aliphatic rings. The van der Waals surface area contributed by atoms with E-state index in [0.717, 1.165) is 11.1 Å². The van der Waals surface area contributed by atoms with Gasteiger partial charge in [0.2, 0.25) is 5.79 Å². The average Bonchev–Trinajstić information content (AvgIpc) is 3.13. The molecule has 38 heavy (non-hydrogen) atoms. The Morgan fingerprint density at radius 3 is 2.24 bits per heavy atom. The SMILES string of the molecule is CC1=C(C)[C@@]2(C[C@](C)(O)[C@H]3C[C@H](O)[C@@]4(C)C5=CC[C@H]6C(C)(C)C(=O)[C@H](O)C[C@]6(C)C5=C[C@@H](O2)[C@]34C)OC1=O. The number of carbonyl (C=O) groups is 2. The number of allylic oxidation sites excluding steroid dienone is 2. The Morgan fingerprint density at radius 2 is 1.63 bits per heavy atom. The van der Waals surface area contributed by atoms with Crippen molar-refractivity contribution in [3.05, 3.63) is 34.4 Å². The molecule has 7 heteroatoms. The second-order valence-corrected chi connectivity index (χ2v) is 14.5. The fourth-order valence-corrected chi connectivity index (χ4v) is 9.94. The lowest BCUT2D eigenvalue weighted by molar-refractivity contribution is -0.236. The molecule has 2 heterocycles. The maximum absolute atomic E-state index is 13.1. The lowest BCUT2D eigenvalue weighted by Crippen LogP contribution is -2.61.